The van der Waals surface area contributed by atoms with E-state index in [2.05, 4.69) is 18.2 Å². The first kappa shape index (κ1) is 12.9. The van der Waals surface area contributed by atoms with Crippen molar-refractivity contribution in [1.29, 1.82) is 0 Å². The summed E-state index contributed by atoms with van der Waals surface area (Å²) in [5, 5.41) is 10.3. The van der Waals surface area contributed by atoms with E-state index in [0.29, 0.717) is 0 Å². The number of fused-ring (bicyclic) bond motifs is 1. The molecular weight excluding hydrogens is 240 g/mol. The van der Waals surface area contributed by atoms with Gasteiger partial charge in [-0.2, -0.15) is 0 Å². The van der Waals surface area contributed by atoms with Gasteiger partial charge in [0.15, 0.2) is 0 Å². The van der Waals surface area contributed by atoms with Crippen molar-refractivity contribution in [2.24, 2.45) is 0 Å². The van der Waals surface area contributed by atoms with Gasteiger partial charge in [0.25, 0.3) is 0 Å². The Morgan fingerprint density at radius 3 is 2.95 bits per heavy atom. The molecule has 19 heavy (non-hydrogen) atoms. The zero-order valence-corrected chi connectivity index (χ0v) is 11.5. The molecule has 0 bridgehead atoms. The van der Waals surface area contributed by atoms with Gasteiger partial charge in [-0.15, -0.1) is 0 Å². The molecule has 1 aliphatic carbocycles. The zero-order chi connectivity index (χ0) is 13.3. The number of aliphatic hydroxyl groups excluding tert-OH is 1. The second-order valence-corrected chi connectivity index (χ2v) is 5.72. The van der Waals surface area contributed by atoms with Crippen molar-refractivity contribution < 1.29 is 14.6 Å². The van der Waals surface area contributed by atoms with E-state index in [1.54, 1.807) is 7.11 Å². The van der Waals surface area contributed by atoms with Crippen LogP contribution in [0.25, 0.3) is 0 Å². The second-order valence-electron chi connectivity index (χ2n) is 5.72. The third-order valence-electron chi connectivity index (χ3n) is 4.67. The number of aryl methyl sites for hydroxylation is 1. The summed E-state index contributed by atoms with van der Waals surface area (Å²) in [5.74, 6) is 1.02. The summed E-state index contributed by atoms with van der Waals surface area (Å²) >= 11 is 0. The van der Waals surface area contributed by atoms with Crippen LogP contribution in [0.4, 0.5) is 0 Å². The van der Waals surface area contributed by atoms with Gasteiger partial charge in [-0.1, -0.05) is 12.1 Å². The lowest BCUT2D eigenvalue weighted by molar-refractivity contribution is -0.151. The minimum Gasteiger partial charge on any atom is -0.493 e. The molecule has 1 aliphatic heterocycles. The van der Waals surface area contributed by atoms with Crippen LogP contribution in [0.5, 0.6) is 5.75 Å². The van der Waals surface area contributed by atoms with Crippen LogP contribution in [0.2, 0.25) is 0 Å². The Labute approximate surface area is 114 Å². The molecule has 1 unspecified atom stereocenters. The Kier molecular flexibility index (Phi) is 3.50. The van der Waals surface area contributed by atoms with Crippen molar-refractivity contribution in [3.05, 3.63) is 29.3 Å². The van der Waals surface area contributed by atoms with Gasteiger partial charge < -0.3 is 14.6 Å². The number of benzene rings is 1. The van der Waals surface area contributed by atoms with Crippen molar-refractivity contribution >= 4 is 0 Å². The Morgan fingerprint density at radius 1 is 1.42 bits per heavy atom. The predicted octanol–water partition coefficient (Wildman–Crippen LogP) is 2.48. The number of rotatable bonds is 5. The van der Waals surface area contributed by atoms with E-state index < -0.39 is 0 Å². The van der Waals surface area contributed by atoms with Gasteiger partial charge in [-0.25, -0.2) is 0 Å². The Bertz CT molecular complexity index is 446. The van der Waals surface area contributed by atoms with Crippen LogP contribution in [-0.4, -0.2) is 30.5 Å². The summed E-state index contributed by atoms with van der Waals surface area (Å²) in [7, 11) is 1.72. The molecule has 0 radical (unpaired) electrons. The van der Waals surface area contributed by atoms with E-state index in [4.69, 9.17) is 9.47 Å². The van der Waals surface area contributed by atoms with Gasteiger partial charge in [-0.3, -0.25) is 0 Å². The van der Waals surface area contributed by atoms with E-state index in [-0.39, 0.29) is 11.7 Å². The summed E-state index contributed by atoms with van der Waals surface area (Å²) in [5.41, 5.74) is 2.32. The maximum absolute atomic E-state index is 10.3. The normalized spacial score (nSPS) is 21.4. The molecule has 1 N–H and O–H groups in total. The molecule has 1 fully saturated rings. The van der Waals surface area contributed by atoms with Gasteiger partial charge in [0.05, 0.1) is 18.3 Å². The van der Waals surface area contributed by atoms with Crippen LogP contribution in [0.3, 0.4) is 0 Å². The van der Waals surface area contributed by atoms with E-state index in [9.17, 15) is 5.11 Å². The summed E-state index contributed by atoms with van der Waals surface area (Å²) in [6.07, 6.45) is 5.48. The largest absolute Gasteiger partial charge is 0.493 e. The van der Waals surface area contributed by atoms with Crippen LogP contribution < -0.4 is 4.74 Å². The minimum absolute atomic E-state index is 0.264. The third kappa shape index (κ3) is 2.37. The number of methoxy groups -OCH3 is 1. The van der Waals surface area contributed by atoms with Gasteiger partial charge >= 0.3 is 0 Å². The molecule has 1 saturated carbocycles. The first-order valence-corrected chi connectivity index (χ1v) is 7.21. The minimum atomic E-state index is -0.351. The van der Waals surface area contributed by atoms with Crippen molar-refractivity contribution in [3.63, 3.8) is 0 Å². The number of aliphatic hydroxyl groups is 1. The molecule has 0 amide bonds. The molecule has 1 aromatic rings. The SMILES string of the molecule is COC1(C(O)CCc2ccc3c(c2)CCO3)CCC1. The van der Waals surface area contributed by atoms with Crippen LogP contribution in [0.1, 0.15) is 36.8 Å². The van der Waals surface area contributed by atoms with Crippen LogP contribution >= 0.6 is 0 Å². The van der Waals surface area contributed by atoms with Gasteiger partial charge in [-0.05, 0) is 49.3 Å². The number of hydrogen-bond donors (Lipinski definition) is 1. The highest BCUT2D eigenvalue weighted by Crippen LogP contribution is 2.39. The molecule has 3 rings (SSSR count). The highest BCUT2D eigenvalue weighted by atomic mass is 16.5. The highest BCUT2D eigenvalue weighted by Gasteiger charge is 2.43. The lowest BCUT2D eigenvalue weighted by Crippen LogP contribution is -2.50. The average Bonchev–Trinajstić information content (AvgIpc) is 2.83. The highest BCUT2D eigenvalue weighted by molar-refractivity contribution is 5.39. The molecule has 0 aromatic heterocycles. The molecule has 1 aromatic carbocycles. The average molecular weight is 262 g/mol. The van der Waals surface area contributed by atoms with Crippen LogP contribution in [0.15, 0.2) is 18.2 Å². The first-order chi connectivity index (χ1) is 9.23. The molecule has 1 heterocycles. The summed E-state index contributed by atoms with van der Waals surface area (Å²) in [4.78, 5) is 0. The first-order valence-electron chi connectivity index (χ1n) is 7.21. The predicted molar refractivity (Wildman–Crippen MR) is 73.6 cm³/mol. The lowest BCUT2D eigenvalue weighted by atomic mass is 9.74. The number of hydrogen-bond acceptors (Lipinski definition) is 3. The fourth-order valence-corrected chi connectivity index (χ4v) is 3.16. The fraction of sp³-hybridized carbons (Fsp3) is 0.625. The summed E-state index contributed by atoms with van der Waals surface area (Å²) < 4.78 is 11.0. The monoisotopic (exact) mass is 262 g/mol. The van der Waals surface area contributed by atoms with Crippen LogP contribution in [0, 0.1) is 0 Å². The second kappa shape index (κ2) is 5.14. The van der Waals surface area contributed by atoms with E-state index in [1.165, 1.54) is 17.5 Å². The Balaban J connectivity index is 1.60. The van der Waals surface area contributed by atoms with Crippen molar-refractivity contribution in [2.75, 3.05) is 13.7 Å². The molecule has 0 saturated heterocycles. The Hall–Kier alpha value is -1.06. The Morgan fingerprint density at radius 2 is 2.26 bits per heavy atom. The molecule has 1 atom stereocenters. The zero-order valence-electron chi connectivity index (χ0n) is 11.5. The topological polar surface area (TPSA) is 38.7 Å². The van der Waals surface area contributed by atoms with Gasteiger partial charge in [0.2, 0.25) is 0 Å². The lowest BCUT2D eigenvalue weighted by Gasteiger charge is -2.44. The third-order valence-corrected chi connectivity index (χ3v) is 4.67. The summed E-state index contributed by atoms with van der Waals surface area (Å²) in [6, 6.07) is 6.38. The van der Waals surface area contributed by atoms with Crippen LogP contribution in [-0.2, 0) is 17.6 Å². The van der Waals surface area contributed by atoms with E-state index >= 15 is 0 Å². The standard InChI is InChI=1S/C16H22O3/c1-18-16(8-2-9-16)15(17)6-4-12-3-5-14-13(11-12)7-10-19-14/h3,5,11,15,17H,2,4,6-10H2,1H3. The smallest absolute Gasteiger partial charge is 0.122 e. The van der Waals surface area contributed by atoms with E-state index in [0.717, 1.165) is 44.5 Å². The molecular formula is C16H22O3. The quantitative estimate of drug-likeness (QED) is 0.886. The van der Waals surface area contributed by atoms with Crippen molar-refractivity contribution in [2.45, 2.75) is 50.2 Å². The summed E-state index contributed by atoms with van der Waals surface area (Å²) in [6.45, 7) is 0.800. The van der Waals surface area contributed by atoms with Crippen molar-refractivity contribution in [3.8, 4) is 5.75 Å². The maximum Gasteiger partial charge on any atom is 0.122 e. The fourth-order valence-electron chi connectivity index (χ4n) is 3.16. The van der Waals surface area contributed by atoms with Gasteiger partial charge in [0.1, 0.15) is 5.75 Å². The van der Waals surface area contributed by atoms with Crippen molar-refractivity contribution in [1.82, 2.24) is 0 Å². The molecule has 3 heteroatoms. The molecule has 2 aliphatic rings. The van der Waals surface area contributed by atoms with E-state index in [1.807, 2.05) is 0 Å². The maximum atomic E-state index is 10.3. The molecule has 0 spiro atoms. The number of ether oxygens (including phenoxy) is 2. The van der Waals surface area contributed by atoms with Gasteiger partial charge in [0, 0.05) is 13.5 Å². The molecule has 3 nitrogen and oxygen atoms in total. The molecule has 104 valence electrons.